The molecule has 1 aromatic carbocycles. The van der Waals surface area contributed by atoms with Gasteiger partial charge in [-0.15, -0.1) is 5.11 Å². The first kappa shape index (κ1) is 19.9. The molecule has 22 heavy (non-hydrogen) atoms. The maximum Gasteiger partial charge on any atom is 0.104 e. The summed E-state index contributed by atoms with van der Waals surface area (Å²) in [5.74, 6) is 0. The van der Waals surface area contributed by atoms with Gasteiger partial charge in [0.05, 0.1) is 10.7 Å². The smallest absolute Gasteiger partial charge is 0.104 e. The van der Waals surface area contributed by atoms with E-state index in [2.05, 4.69) is 22.1 Å². The van der Waals surface area contributed by atoms with Crippen LogP contribution in [0.2, 0.25) is 5.02 Å². The van der Waals surface area contributed by atoms with Crippen LogP contribution in [0.5, 0.6) is 0 Å². The molecule has 0 aliphatic carbocycles. The molecule has 0 bridgehead atoms. The lowest BCUT2D eigenvalue weighted by Crippen LogP contribution is -2.07. The highest BCUT2D eigenvalue weighted by molar-refractivity contribution is 6.33. The van der Waals surface area contributed by atoms with Crippen LogP contribution in [0.3, 0.4) is 0 Å². The largest absolute Gasteiger partial charge is 0.394 e. The summed E-state index contributed by atoms with van der Waals surface area (Å²) < 4.78 is 0. The molecular weight excluding hydrogens is 296 g/mol. The molecule has 1 rings (SSSR count). The van der Waals surface area contributed by atoms with Gasteiger partial charge in [-0.1, -0.05) is 38.1 Å². The van der Waals surface area contributed by atoms with Gasteiger partial charge in [-0.05, 0) is 36.6 Å². The van der Waals surface area contributed by atoms with E-state index < -0.39 is 0 Å². The highest BCUT2D eigenvalue weighted by atomic mass is 35.5. The minimum absolute atomic E-state index is 0.554. The normalized spacial score (nSPS) is 10.8. The Bertz CT molecular complexity index is 546. The molecule has 0 saturated heterocycles. The van der Waals surface area contributed by atoms with Crippen molar-refractivity contribution in [3.63, 3.8) is 0 Å². The van der Waals surface area contributed by atoms with Crippen molar-refractivity contribution in [2.75, 3.05) is 26.0 Å². The van der Waals surface area contributed by atoms with Crippen molar-refractivity contribution in [2.24, 2.45) is 10.2 Å². The number of anilines is 1. The van der Waals surface area contributed by atoms with Crippen molar-refractivity contribution in [1.82, 2.24) is 5.32 Å². The fourth-order valence-electron chi connectivity index (χ4n) is 1.32. The first-order valence-electron chi connectivity index (χ1n) is 7.12. The Morgan fingerprint density at radius 1 is 1.27 bits per heavy atom. The van der Waals surface area contributed by atoms with Crippen molar-refractivity contribution in [3.8, 4) is 0 Å². The number of halogens is 1. The maximum atomic E-state index is 6.15. The molecule has 0 spiro atoms. The highest BCUT2D eigenvalue weighted by Crippen LogP contribution is 2.29. The summed E-state index contributed by atoms with van der Waals surface area (Å²) in [6.45, 7) is 7.79. The molecule has 4 nitrogen and oxygen atoms in total. The first-order valence-corrected chi connectivity index (χ1v) is 7.50. The van der Waals surface area contributed by atoms with Gasteiger partial charge in [-0.3, -0.25) is 0 Å². The average Bonchev–Trinajstić information content (AvgIpc) is 2.52. The molecule has 0 amide bonds. The van der Waals surface area contributed by atoms with E-state index in [9.17, 15) is 0 Å². The fraction of sp³-hybridized carbons (Fsp3) is 0.294. The van der Waals surface area contributed by atoms with Gasteiger partial charge in [0.25, 0.3) is 0 Å². The van der Waals surface area contributed by atoms with Crippen molar-refractivity contribution < 1.29 is 0 Å². The fourth-order valence-corrected chi connectivity index (χ4v) is 1.54. The van der Waals surface area contributed by atoms with Gasteiger partial charge in [0.15, 0.2) is 0 Å². The topological polar surface area (TPSA) is 40.0 Å². The lowest BCUT2D eigenvalue weighted by Gasteiger charge is -2.12. The van der Waals surface area contributed by atoms with Crippen molar-refractivity contribution in [1.29, 1.82) is 0 Å². The van der Waals surface area contributed by atoms with E-state index in [1.807, 2.05) is 70.2 Å². The summed E-state index contributed by atoms with van der Waals surface area (Å²) in [4.78, 5) is 1.97. The first-order chi connectivity index (χ1) is 10.5. The molecule has 0 heterocycles. The van der Waals surface area contributed by atoms with Gasteiger partial charge in [0, 0.05) is 26.8 Å². The van der Waals surface area contributed by atoms with Gasteiger partial charge in [0.2, 0.25) is 0 Å². The van der Waals surface area contributed by atoms with Crippen LogP contribution < -0.4 is 10.2 Å². The molecule has 0 saturated carbocycles. The monoisotopic (exact) mass is 320 g/mol. The predicted molar refractivity (Wildman–Crippen MR) is 98.1 cm³/mol. The molecule has 0 atom stereocenters. The second kappa shape index (κ2) is 11.6. The van der Waals surface area contributed by atoms with Gasteiger partial charge in [-0.2, -0.15) is 5.11 Å². The Morgan fingerprint density at radius 3 is 2.50 bits per heavy atom. The van der Waals surface area contributed by atoms with Gasteiger partial charge >= 0.3 is 0 Å². The van der Waals surface area contributed by atoms with E-state index in [0.717, 1.165) is 5.69 Å². The summed E-state index contributed by atoms with van der Waals surface area (Å²) >= 11 is 6.15. The van der Waals surface area contributed by atoms with Gasteiger partial charge in [-0.25, -0.2) is 0 Å². The predicted octanol–water partition coefficient (Wildman–Crippen LogP) is 5.32. The molecular formula is C17H25ClN4. The molecule has 0 aromatic heterocycles. The molecule has 0 unspecified atom stereocenters. The molecule has 0 aliphatic rings. The molecule has 120 valence electrons. The number of azo groups is 1. The van der Waals surface area contributed by atoms with Crippen LogP contribution in [0.25, 0.3) is 0 Å². The van der Waals surface area contributed by atoms with Crippen molar-refractivity contribution in [3.05, 3.63) is 59.9 Å². The van der Waals surface area contributed by atoms with Crippen LogP contribution >= 0.6 is 11.6 Å². The molecule has 5 heteroatoms. The Morgan fingerprint density at radius 2 is 1.95 bits per heavy atom. The average molecular weight is 321 g/mol. The van der Waals surface area contributed by atoms with Gasteiger partial charge < -0.3 is 10.2 Å². The maximum absolute atomic E-state index is 6.15. The minimum Gasteiger partial charge on any atom is -0.394 e. The third-order valence-electron chi connectivity index (χ3n) is 2.40. The Kier molecular flexibility index (Phi) is 10.5. The molecule has 1 N–H and O–H groups in total. The van der Waals surface area contributed by atoms with Gasteiger partial charge in [0.1, 0.15) is 5.69 Å². The van der Waals surface area contributed by atoms with Crippen LogP contribution in [0.15, 0.2) is 65.1 Å². The van der Waals surface area contributed by atoms with E-state index >= 15 is 0 Å². The lowest BCUT2D eigenvalue weighted by atomic mass is 10.3. The summed E-state index contributed by atoms with van der Waals surface area (Å²) in [6, 6.07) is 5.62. The quantitative estimate of drug-likeness (QED) is 0.569. The van der Waals surface area contributed by atoms with Crippen LogP contribution in [-0.4, -0.2) is 21.1 Å². The summed E-state index contributed by atoms with van der Waals surface area (Å²) in [6.07, 6.45) is 7.24. The zero-order chi connectivity index (χ0) is 17.0. The van der Waals surface area contributed by atoms with E-state index in [-0.39, 0.29) is 0 Å². The Balaban J connectivity index is 0.00000211. The third kappa shape index (κ3) is 7.64. The zero-order valence-electron chi connectivity index (χ0n) is 14.0. The molecule has 0 aliphatic heterocycles. The second-order valence-electron chi connectivity index (χ2n) is 4.23. The van der Waals surface area contributed by atoms with Crippen molar-refractivity contribution in [2.45, 2.75) is 13.8 Å². The zero-order valence-corrected chi connectivity index (χ0v) is 14.7. The van der Waals surface area contributed by atoms with Crippen LogP contribution in [0.4, 0.5) is 11.4 Å². The number of benzene rings is 1. The Labute approximate surface area is 138 Å². The summed E-state index contributed by atoms with van der Waals surface area (Å²) in [7, 11) is 5.74. The van der Waals surface area contributed by atoms with E-state index in [1.54, 1.807) is 12.3 Å². The number of hydrogen-bond acceptors (Lipinski definition) is 4. The van der Waals surface area contributed by atoms with Crippen LogP contribution in [0, 0.1) is 0 Å². The van der Waals surface area contributed by atoms with E-state index in [4.69, 9.17) is 11.6 Å². The third-order valence-corrected chi connectivity index (χ3v) is 2.70. The standard InChI is InChI=1S/C15H19ClN4.C2H6/c1-12(7-5-6-10-17-2)18-19-15-9-8-13(20(3)4)11-14(15)16;1-2/h5-11,17H,1H2,2-4H3;1-2H3/b7-5-,10-6-,19-18?;. The molecule has 0 radical (unpaired) electrons. The Hall–Kier alpha value is -2.07. The van der Waals surface area contributed by atoms with Crippen LogP contribution in [0.1, 0.15) is 13.8 Å². The highest BCUT2D eigenvalue weighted by Gasteiger charge is 2.02. The SMILES string of the molecule is C=C(/C=C\C=C/NC)N=Nc1ccc(N(C)C)cc1Cl.CC. The molecule has 0 fully saturated rings. The second-order valence-corrected chi connectivity index (χ2v) is 4.64. The minimum atomic E-state index is 0.554. The summed E-state index contributed by atoms with van der Waals surface area (Å²) in [5.41, 5.74) is 2.20. The number of hydrogen-bond donors (Lipinski definition) is 1. The van der Waals surface area contributed by atoms with E-state index in [1.165, 1.54) is 0 Å². The number of rotatable bonds is 6. The summed E-state index contributed by atoms with van der Waals surface area (Å²) in [5, 5.41) is 11.6. The lowest BCUT2D eigenvalue weighted by molar-refractivity contribution is 1.10. The van der Waals surface area contributed by atoms with Crippen LogP contribution in [-0.2, 0) is 0 Å². The molecule has 1 aromatic rings. The number of nitrogens with one attached hydrogen (secondary N) is 1. The van der Waals surface area contributed by atoms with Crippen molar-refractivity contribution >= 4 is 23.0 Å². The number of allylic oxidation sites excluding steroid dienone is 3. The number of nitrogens with zero attached hydrogens (tertiary/aromatic N) is 3. The van der Waals surface area contributed by atoms with E-state index in [0.29, 0.717) is 16.4 Å².